The van der Waals surface area contributed by atoms with Gasteiger partial charge in [0.1, 0.15) is 5.75 Å². The molecule has 0 aliphatic carbocycles. The van der Waals surface area contributed by atoms with Crippen LogP contribution in [0, 0.1) is 0 Å². The van der Waals surface area contributed by atoms with Crippen LogP contribution in [-0.2, 0) is 4.79 Å². The van der Waals surface area contributed by atoms with Gasteiger partial charge in [-0.1, -0.05) is 29.3 Å². The zero-order valence-corrected chi connectivity index (χ0v) is 18.0. The smallest absolute Gasteiger partial charge is 0.259 e. The highest BCUT2D eigenvalue weighted by molar-refractivity contribution is 9.10. The molecule has 1 aliphatic heterocycles. The number of nitrogens with zero attached hydrogens (tertiary/aromatic N) is 1. The highest BCUT2D eigenvalue weighted by Crippen LogP contribution is 2.32. The zero-order valence-electron chi connectivity index (χ0n) is 16.4. The Balaban J connectivity index is 1.50. The minimum absolute atomic E-state index is 0.129. The van der Waals surface area contributed by atoms with Gasteiger partial charge in [0.05, 0.1) is 19.4 Å². The summed E-state index contributed by atoms with van der Waals surface area (Å²) >= 11 is 3.41. The lowest BCUT2D eigenvalue weighted by molar-refractivity contribution is -0.120. The normalized spacial score (nSPS) is 12.1. The second kappa shape index (κ2) is 10.6. The van der Waals surface area contributed by atoms with Crippen LogP contribution in [0.4, 0.5) is 0 Å². The molecule has 1 aliphatic rings. The van der Waals surface area contributed by atoms with Crippen LogP contribution in [0.1, 0.15) is 35.7 Å². The fourth-order valence-electron chi connectivity index (χ4n) is 2.59. The van der Waals surface area contributed by atoms with E-state index in [0.29, 0.717) is 29.4 Å². The van der Waals surface area contributed by atoms with Gasteiger partial charge in [0, 0.05) is 15.6 Å². The predicted molar refractivity (Wildman–Crippen MR) is 115 cm³/mol. The molecule has 9 heteroatoms. The number of hydrogen-bond donors (Lipinski definition) is 2. The molecule has 0 atom stereocenters. The Morgan fingerprint density at radius 3 is 2.87 bits per heavy atom. The van der Waals surface area contributed by atoms with Crippen molar-refractivity contribution in [1.29, 1.82) is 0 Å². The molecular weight excluding hydrogens is 454 g/mol. The Kier molecular flexibility index (Phi) is 7.67. The standard InChI is InChI=1S/C21H22BrN3O5/c1-2-3-8-28-17-7-5-16(22)9-15(17)11-24-25-20(26)12-23-21(27)14-4-6-18-19(10-14)30-13-29-18/h4-7,9-11H,2-3,8,12-13H2,1H3,(H,23,27)(H,25,26)/b24-11-. The van der Waals surface area contributed by atoms with Crippen molar-refractivity contribution in [2.75, 3.05) is 19.9 Å². The first kappa shape index (κ1) is 21.6. The number of carbonyl (C=O) groups excluding carboxylic acids is 2. The maximum absolute atomic E-state index is 12.2. The number of rotatable bonds is 9. The molecule has 2 aromatic carbocycles. The number of hydrazone groups is 1. The van der Waals surface area contributed by atoms with Crippen LogP contribution in [0.15, 0.2) is 46.0 Å². The Morgan fingerprint density at radius 1 is 1.20 bits per heavy atom. The molecule has 1 heterocycles. The largest absolute Gasteiger partial charge is 0.493 e. The molecule has 0 radical (unpaired) electrons. The Morgan fingerprint density at radius 2 is 2.03 bits per heavy atom. The number of fused-ring (bicyclic) bond motifs is 1. The van der Waals surface area contributed by atoms with Gasteiger partial charge in [0.15, 0.2) is 11.5 Å². The van der Waals surface area contributed by atoms with E-state index in [0.717, 1.165) is 22.9 Å². The van der Waals surface area contributed by atoms with Crippen molar-refractivity contribution in [3.05, 3.63) is 52.0 Å². The van der Waals surface area contributed by atoms with Crippen molar-refractivity contribution in [3.8, 4) is 17.2 Å². The first-order valence-electron chi connectivity index (χ1n) is 9.49. The lowest BCUT2D eigenvalue weighted by atomic mass is 10.2. The van der Waals surface area contributed by atoms with Crippen LogP contribution in [0.25, 0.3) is 0 Å². The van der Waals surface area contributed by atoms with Gasteiger partial charge in [-0.15, -0.1) is 0 Å². The molecule has 2 amide bonds. The molecule has 2 aromatic rings. The van der Waals surface area contributed by atoms with Crippen LogP contribution in [0.2, 0.25) is 0 Å². The van der Waals surface area contributed by atoms with E-state index in [1.54, 1.807) is 18.2 Å². The van der Waals surface area contributed by atoms with E-state index in [4.69, 9.17) is 14.2 Å². The first-order valence-corrected chi connectivity index (χ1v) is 10.3. The SMILES string of the molecule is CCCCOc1ccc(Br)cc1/C=N\NC(=O)CNC(=O)c1ccc2c(c1)OCO2. The molecule has 0 aromatic heterocycles. The first-order chi connectivity index (χ1) is 14.6. The third kappa shape index (κ3) is 5.96. The minimum Gasteiger partial charge on any atom is -0.493 e. The van der Waals surface area contributed by atoms with Crippen LogP contribution >= 0.6 is 15.9 Å². The summed E-state index contributed by atoms with van der Waals surface area (Å²) in [6.07, 6.45) is 3.49. The van der Waals surface area contributed by atoms with Gasteiger partial charge in [-0.05, 0) is 42.8 Å². The topological polar surface area (TPSA) is 98.2 Å². The van der Waals surface area contributed by atoms with Crippen molar-refractivity contribution < 1.29 is 23.8 Å². The molecule has 0 unspecified atom stereocenters. The fraction of sp³-hybridized carbons (Fsp3) is 0.286. The van der Waals surface area contributed by atoms with Crippen molar-refractivity contribution in [1.82, 2.24) is 10.7 Å². The summed E-state index contributed by atoms with van der Waals surface area (Å²) < 4.78 is 17.1. The van der Waals surface area contributed by atoms with Crippen LogP contribution < -0.4 is 25.0 Å². The van der Waals surface area contributed by atoms with E-state index < -0.39 is 11.8 Å². The maximum Gasteiger partial charge on any atom is 0.259 e. The molecule has 2 N–H and O–H groups in total. The molecule has 0 saturated carbocycles. The summed E-state index contributed by atoms with van der Waals surface area (Å²) in [5.41, 5.74) is 3.49. The van der Waals surface area contributed by atoms with E-state index in [1.165, 1.54) is 6.21 Å². The van der Waals surface area contributed by atoms with Crippen molar-refractivity contribution in [3.63, 3.8) is 0 Å². The number of nitrogens with one attached hydrogen (secondary N) is 2. The lowest BCUT2D eigenvalue weighted by Crippen LogP contribution is -2.34. The summed E-state index contributed by atoms with van der Waals surface area (Å²) in [5, 5.41) is 6.50. The number of amides is 2. The van der Waals surface area contributed by atoms with E-state index in [1.807, 2.05) is 18.2 Å². The number of hydrogen-bond acceptors (Lipinski definition) is 6. The van der Waals surface area contributed by atoms with Crippen molar-refractivity contribution in [2.45, 2.75) is 19.8 Å². The van der Waals surface area contributed by atoms with Gasteiger partial charge in [-0.25, -0.2) is 5.43 Å². The Hall–Kier alpha value is -3.07. The summed E-state index contributed by atoms with van der Waals surface area (Å²) in [4.78, 5) is 24.2. The van der Waals surface area contributed by atoms with Gasteiger partial charge >= 0.3 is 0 Å². The molecule has 30 heavy (non-hydrogen) atoms. The van der Waals surface area contributed by atoms with Crippen LogP contribution in [0.5, 0.6) is 17.2 Å². The molecule has 0 fully saturated rings. The molecule has 3 rings (SSSR count). The molecule has 0 bridgehead atoms. The van der Waals surface area contributed by atoms with Gasteiger partial charge in [-0.2, -0.15) is 5.10 Å². The van der Waals surface area contributed by atoms with E-state index in [9.17, 15) is 9.59 Å². The van der Waals surface area contributed by atoms with E-state index >= 15 is 0 Å². The van der Waals surface area contributed by atoms with E-state index in [-0.39, 0.29) is 13.3 Å². The molecule has 0 spiro atoms. The summed E-state index contributed by atoms with van der Waals surface area (Å²) in [5.74, 6) is 0.919. The lowest BCUT2D eigenvalue weighted by Gasteiger charge is -2.09. The fourth-order valence-corrected chi connectivity index (χ4v) is 2.97. The third-order valence-electron chi connectivity index (χ3n) is 4.16. The number of ether oxygens (including phenoxy) is 3. The summed E-state index contributed by atoms with van der Waals surface area (Å²) in [6, 6.07) is 10.4. The summed E-state index contributed by atoms with van der Waals surface area (Å²) in [6.45, 7) is 2.61. The van der Waals surface area contributed by atoms with Crippen LogP contribution in [0.3, 0.4) is 0 Å². The van der Waals surface area contributed by atoms with Gasteiger partial charge in [0.2, 0.25) is 6.79 Å². The van der Waals surface area contributed by atoms with Gasteiger partial charge in [0.25, 0.3) is 11.8 Å². The number of halogens is 1. The number of carbonyl (C=O) groups is 2. The number of benzene rings is 2. The maximum atomic E-state index is 12.2. The molecule has 0 saturated heterocycles. The Bertz CT molecular complexity index is 948. The zero-order chi connectivity index (χ0) is 21.3. The van der Waals surface area contributed by atoms with Crippen molar-refractivity contribution in [2.24, 2.45) is 5.10 Å². The summed E-state index contributed by atoms with van der Waals surface area (Å²) in [7, 11) is 0. The predicted octanol–water partition coefficient (Wildman–Crippen LogP) is 3.24. The quantitative estimate of drug-likeness (QED) is 0.329. The highest BCUT2D eigenvalue weighted by Gasteiger charge is 2.16. The minimum atomic E-state index is -0.455. The molecule has 8 nitrogen and oxygen atoms in total. The second-order valence-corrected chi connectivity index (χ2v) is 7.34. The van der Waals surface area contributed by atoms with Gasteiger partial charge in [-0.3, -0.25) is 9.59 Å². The van der Waals surface area contributed by atoms with Gasteiger partial charge < -0.3 is 19.5 Å². The average molecular weight is 476 g/mol. The molecular formula is C21H22BrN3O5. The Labute approximate surface area is 182 Å². The third-order valence-corrected chi connectivity index (χ3v) is 4.66. The molecule has 158 valence electrons. The van der Waals surface area contributed by atoms with E-state index in [2.05, 4.69) is 38.7 Å². The second-order valence-electron chi connectivity index (χ2n) is 6.43. The average Bonchev–Trinajstić information content (AvgIpc) is 3.21. The monoisotopic (exact) mass is 475 g/mol. The highest BCUT2D eigenvalue weighted by atomic mass is 79.9. The van der Waals surface area contributed by atoms with Crippen LogP contribution in [-0.4, -0.2) is 38.0 Å². The number of unbranched alkanes of at least 4 members (excludes halogenated alkanes) is 1. The van der Waals surface area contributed by atoms with Crippen molar-refractivity contribution >= 4 is 34.0 Å².